The molecule has 3 rings (SSSR count). The van der Waals surface area contributed by atoms with Crippen LogP contribution in [-0.2, 0) is 6.42 Å². The van der Waals surface area contributed by atoms with Gasteiger partial charge in [-0.3, -0.25) is 0 Å². The molecule has 20 heavy (non-hydrogen) atoms. The molecule has 0 amide bonds. The maximum atomic E-state index is 2.44. The molecule has 0 saturated carbocycles. The Kier molecular flexibility index (Phi) is 3.83. The fourth-order valence-corrected chi connectivity index (χ4v) is 2.92. The third-order valence-corrected chi connectivity index (χ3v) is 3.98. The van der Waals surface area contributed by atoms with Gasteiger partial charge >= 0.3 is 0 Å². The van der Waals surface area contributed by atoms with E-state index in [0.717, 1.165) is 12.8 Å². The number of benzene rings is 2. The molecule has 0 fully saturated rings. The molecule has 0 bridgehead atoms. The fourth-order valence-electron chi connectivity index (χ4n) is 2.92. The van der Waals surface area contributed by atoms with Gasteiger partial charge in [0.15, 0.2) is 0 Å². The van der Waals surface area contributed by atoms with Crippen LogP contribution in [0.4, 0.5) is 0 Å². The van der Waals surface area contributed by atoms with Crippen molar-refractivity contribution < 1.29 is 0 Å². The molecule has 2 aromatic rings. The van der Waals surface area contributed by atoms with Crippen LogP contribution < -0.4 is 0 Å². The van der Waals surface area contributed by atoms with E-state index in [9.17, 15) is 0 Å². The van der Waals surface area contributed by atoms with Gasteiger partial charge in [0.25, 0.3) is 0 Å². The van der Waals surface area contributed by atoms with Gasteiger partial charge in [0.05, 0.1) is 0 Å². The van der Waals surface area contributed by atoms with Gasteiger partial charge in [-0.05, 0) is 42.0 Å². The zero-order valence-electron chi connectivity index (χ0n) is 11.9. The summed E-state index contributed by atoms with van der Waals surface area (Å²) in [5, 5.41) is 0. The predicted molar refractivity (Wildman–Crippen MR) is 85.9 cm³/mol. The van der Waals surface area contributed by atoms with Crippen LogP contribution in [0.15, 0.2) is 78.4 Å². The van der Waals surface area contributed by atoms with Crippen LogP contribution in [0.25, 0.3) is 0 Å². The lowest BCUT2D eigenvalue weighted by Gasteiger charge is -2.19. The summed E-state index contributed by atoms with van der Waals surface area (Å²) in [4.78, 5) is 0. The highest BCUT2D eigenvalue weighted by Gasteiger charge is 2.13. The first kappa shape index (κ1) is 12.9. The summed E-state index contributed by atoms with van der Waals surface area (Å²) in [5.74, 6) is 0.528. The van der Waals surface area contributed by atoms with E-state index in [4.69, 9.17) is 0 Å². The Hall–Kier alpha value is -2.08. The van der Waals surface area contributed by atoms with E-state index in [0.29, 0.717) is 5.92 Å². The molecule has 1 aliphatic carbocycles. The van der Waals surface area contributed by atoms with Gasteiger partial charge in [-0.25, -0.2) is 0 Å². The molecule has 0 aromatic heterocycles. The first-order valence-corrected chi connectivity index (χ1v) is 7.29. The molecule has 0 heterocycles. The van der Waals surface area contributed by atoms with Gasteiger partial charge in [-0.15, -0.1) is 0 Å². The molecule has 2 aromatic carbocycles. The summed E-state index contributed by atoms with van der Waals surface area (Å²) in [6.45, 7) is 2.21. The predicted octanol–water partition coefficient (Wildman–Crippen LogP) is 5.21. The molecule has 1 atom stereocenters. The van der Waals surface area contributed by atoms with Crippen molar-refractivity contribution in [3.05, 3.63) is 95.1 Å². The van der Waals surface area contributed by atoms with Gasteiger partial charge < -0.3 is 0 Å². The van der Waals surface area contributed by atoms with Crippen molar-refractivity contribution in [3.63, 3.8) is 0 Å². The summed E-state index contributed by atoms with van der Waals surface area (Å²) >= 11 is 0. The van der Waals surface area contributed by atoms with Crippen molar-refractivity contribution in [3.8, 4) is 0 Å². The lowest BCUT2D eigenvalue weighted by Crippen LogP contribution is -2.02. The standard InChI is InChI=1S/C20H20/c1-16-8-5-6-13-20(16)19-12-7-11-18(15-19)14-17-9-3-2-4-10-17/h2-11,13,15,19H,12,14H2,1H3. The Morgan fingerprint density at radius 2 is 1.70 bits per heavy atom. The van der Waals surface area contributed by atoms with Crippen molar-refractivity contribution in [1.29, 1.82) is 0 Å². The quantitative estimate of drug-likeness (QED) is 0.711. The molecule has 0 radical (unpaired) electrons. The molecule has 0 heteroatoms. The molecular formula is C20H20. The second-order valence-electron chi connectivity index (χ2n) is 5.51. The average molecular weight is 260 g/mol. The topological polar surface area (TPSA) is 0 Å². The molecule has 1 aliphatic rings. The number of hydrogen-bond acceptors (Lipinski definition) is 0. The van der Waals surface area contributed by atoms with Gasteiger partial charge in [0.1, 0.15) is 0 Å². The van der Waals surface area contributed by atoms with E-state index >= 15 is 0 Å². The zero-order chi connectivity index (χ0) is 13.8. The van der Waals surface area contributed by atoms with Crippen LogP contribution in [0.5, 0.6) is 0 Å². The minimum absolute atomic E-state index is 0.528. The first-order valence-electron chi connectivity index (χ1n) is 7.29. The number of allylic oxidation sites excluding steroid dienone is 4. The van der Waals surface area contributed by atoms with Crippen LogP contribution in [-0.4, -0.2) is 0 Å². The molecule has 0 N–H and O–H groups in total. The highest BCUT2D eigenvalue weighted by Crippen LogP contribution is 2.30. The summed E-state index contributed by atoms with van der Waals surface area (Å²) in [6, 6.07) is 19.4. The Morgan fingerprint density at radius 3 is 2.50 bits per heavy atom. The average Bonchev–Trinajstić information content (AvgIpc) is 2.49. The van der Waals surface area contributed by atoms with E-state index < -0.39 is 0 Å². The smallest absolute Gasteiger partial charge is 0.00611 e. The Labute approximate surface area is 121 Å². The third-order valence-electron chi connectivity index (χ3n) is 3.98. The normalized spacial score (nSPS) is 17.9. The van der Waals surface area contributed by atoms with Crippen LogP contribution in [0, 0.1) is 6.92 Å². The SMILES string of the molecule is Cc1ccccc1C1C=C(Cc2ccccc2)C=CC1. The van der Waals surface area contributed by atoms with Crippen molar-refractivity contribution in [2.24, 2.45) is 0 Å². The molecule has 0 aliphatic heterocycles. The number of aryl methyl sites for hydroxylation is 1. The molecule has 0 nitrogen and oxygen atoms in total. The van der Waals surface area contributed by atoms with Crippen LogP contribution >= 0.6 is 0 Å². The number of rotatable bonds is 3. The Balaban J connectivity index is 1.83. The van der Waals surface area contributed by atoms with Gasteiger partial charge in [-0.1, -0.05) is 72.8 Å². The molecule has 0 saturated heterocycles. The van der Waals surface area contributed by atoms with Gasteiger partial charge in [0.2, 0.25) is 0 Å². The lowest BCUT2D eigenvalue weighted by molar-refractivity contribution is 0.829. The van der Waals surface area contributed by atoms with Crippen molar-refractivity contribution in [2.75, 3.05) is 0 Å². The Bertz CT molecular complexity index is 632. The highest BCUT2D eigenvalue weighted by atomic mass is 14.2. The van der Waals surface area contributed by atoms with Gasteiger partial charge in [-0.2, -0.15) is 0 Å². The van der Waals surface area contributed by atoms with E-state index in [1.807, 2.05) is 0 Å². The van der Waals surface area contributed by atoms with E-state index in [1.54, 1.807) is 0 Å². The molecular weight excluding hydrogens is 240 g/mol. The van der Waals surface area contributed by atoms with Crippen molar-refractivity contribution in [1.82, 2.24) is 0 Å². The van der Waals surface area contributed by atoms with Gasteiger partial charge in [0, 0.05) is 5.92 Å². The maximum Gasteiger partial charge on any atom is 0.00611 e. The fraction of sp³-hybridized carbons (Fsp3) is 0.200. The first-order chi connectivity index (χ1) is 9.83. The molecule has 1 unspecified atom stereocenters. The minimum atomic E-state index is 0.528. The van der Waals surface area contributed by atoms with Crippen LogP contribution in [0.2, 0.25) is 0 Å². The summed E-state index contributed by atoms with van der Waals surface area (Å²) in [5.41, 5.74) is 5.66. The zero-order valence-corrected chi connectivity index (χ0v) is 11.9. The molecule has 100 valence electrons. The molecule has 0 spiro atoms. The second kappa shape index (κ2) is 5.92. The van der Waals surface area contributed by atoms with Crippen LogP contribution in [0.1, 0.15) is 29.0 Å². The second-order valence-corrected chi connectivity index (χ2v) is 5.51. The van der Waals surface area contributed by atoms with E-state index in [2.05, 4.69) is 79.7 Å². The lowest BCUT2D eigenvalue weighted by atomic mass is 9.86. The maximum absolute atomic E-state index is 2.44. The summed E-state index contributed by atoms with van der Waals surface area (Å²) < 4.78 is 0. The van der Waals surface area contributed by atoms with Crippen molar-refractivity contribution in [2.45, 2.75) is 25.7 Å². The third kappa shape index (κ3) is 2.91. The monoisotopic (exact) mass is 260 g/mol. The van der Waals surface area contributed by atoms with E-state index in [1.165, 1.54) is 22.3 Å². The van der Waals surface area contributed by atoms with E-state index in [-0.39, 0.29) is 0 Å². The van der Waals surface area contributed by atoms with Crippen molar-refractivity contribution >= 4 is 0 Å². The largest absolute Gasteiger partial charge is 0.0833 e. The highest BCUT2D eigenvalue weighted by molar-refractivity contribution is 5.39. The number of hydrogen-bond donors (Lipinski definition) is 0. The minimum Gasteiger partial charge on any atom is -0.0833 e. The Morgan fingerprint density at radius 1 is 0.950 bits per heavy atom. The van der Waals surface area contributed by atoms with Crippen LogP contribution in [0.3, 0.4) is 0 Å². The summed E-state index contributed by atoms with van der Waals surface area (Å²) in [7, 11) is 0. The summed E-state index contributed by atoms with van der Waals surface area (Å²) in [6.07, 6.45) is 9.18.